The van der Waals surface area contributed by atoms with Gasteiger partial charge in [0, 0.05) is 0 Å². The Morgan fingerprint density at radius 3 is 1.25 bits per heavy atom. The molecule has 0 radical (unpaired) electrons. The van der Waals surface area contributed by atoms with Gasteiger partial charge in [-0.15, -0.1) is 0 Å². The third kappa shape index (κ3) is 4.35. The highest BCUT2D eigenvalue weighted by molar-refractivity contribution is 4.73. The lowest BCUT2D eigenvalue weighted by atomic mass is 10.3. The van der Waals surface area contributed by atoms with Crippen LogP contribution in [0.5, 0.6) is 0 Å². The number of nitrogens with one attached hydrogen (secondary N) is 2. The van der Waals surface area contributed by atoms with Gasteiger partial charge in [0.2, 0.25) is 0 Å². The van der Waals surface area contributed by atoms with E-state index in [1.165, 1.54) is 0 Å². The molecule has 72 valence electrons. The summed E-state index contributed by atoms with van der Waals surface area (Å²) in [5, 5.41) is 7.93. The van der Waals surface area contributed by atoms with Gasteiger partial charge in [-0.05, 0) is 27.7 Å². The zero-order valence-electron chi connectivity index (χ0n) is 8.05. The number of nitrogens with two attached hydrogens (primary N) is 2. The van der Waals surface area contributed by atoms with Crippen LogP contribution < -0.4 is 22.5 Å². The molecule has 0 fully saturated rings. The SMILES string of the molecule is CC(C)(N=NC(C)(C)NN)NN. The van der Waals surface area contributed by atoms with E-state index < -0.39 is 11.3 Å². The molecule has 0 amide bonds. The van der Waals surface area contributed by atoms with Crippen molar-refractivity contribution >= 4 is 0 Å². The average molecular weight is 174 g/mol. The lowest BCUT2D eigenvalue weighted by molar-refractivity contribution is 0.334. The van der Waals surface area contributed by atoms with Gasteiger partial charge in [-0.2, -0.15) is 10.2 Å². The molecule has 0 saturated carbocycles. The van der Waals surface area contributed by atoms with Gasteiger partial charge in [0.05, 0.1) is 0 Å². The standard InChI is InChI=1S/C6H18N6/c1-5(2,9-7)11-12-6(3,4)10-8/h9-10H,7-8H2,1-4H3. The molecule has 0 aliphatic carbocycles. The maximum Gasteiger partial charge on any atom is 0.138 e. The lowest BCUT2D eigenvalue weighted by Crippen LogP contribution is -2.45. The molecular formula is C6H18N6. The Hall–Kier alpha value is -0.560. The van der Waals surface area contributed by atoms with Gasteiger partial charge >= 0.3 is 0 Å². The van der Waals surface area contributed by atoms with Gasteiger partial charge < -0.3 is 0 Å². The van der Waals surface area contributed by atoms with Gasteiger partial charge in [0.1, 0.15) is 11.3 Å². The number of rotatable bonds is 4. The first kappa shape index (κ1) is 11.4. The molecule has 0 spiro atoms. The predicted molar refractivity (Wildman–Crippen MR) is 47.7 cm³/mol. The van der Waals surface area contributed by atoms with Gasteiger partial charge in [-0.1, -0.05) is 0 Å². The average Bonchev–Trinajstić information content (AvgIpc) is 2.02. The minimum Gasteiger partial charge on any atom is -0.269 e. The Labute approximate surface area is 72.7 Å². The van der Waals surface area contributed by atoms with E-state index >= 15 is 0 Å². The first-order chi connectivity index (χ1) is 5.33. The second-order valence-corrected chi connectivity index (χ2v) is 3.61. The van der Waals surface area contributed by atoms with Crippen LogP contribution >= 0.6 is 0 Å². The van der Waals surface area contributed by atoms with Crippen LogP contribution in [-0.2, 0) is 0 Å². The van der Waals surface area contributed by atoms with Crippen LogP contribution in [0.4, 0.5) is 0 Å². The Morgan fingerprint density at radius 2 is 1.08 bits per heavy atom. The summed E-state index contributed by atoms with van der Waals surface area (Å²) in [5.41, 5.74) is 3.90. The molecule has 0 aliphatic rings. The molecule has 0 aromatic carbocycles. The highest BCUT2D eigenvalue weighted by Gasteiger charge is 2.17. The van der Waals surface area contributed by atoms with Crippen molar-refractivity contribution in [3.8, 4) is 0 Å². The van der Waals surface area contributed by atoms with Crippen molar-refractivity contribution in [2.45, 2.75) is 39.0 Å². The molecule has 0 unspecified atom stereocenters. The van der Waals surface area contributed by atoms with E-state index in [1.54, 1.807) is 0 Å². The van der Waals surface area contributed by atoms with Crippen LogP contribution in [0.1, 0.15) is 27.7 Å². The van der Waals surface area contributed by atoms with Crippen LogP contribution in [0, 0.1) is 0 Å². The monoisotopic (exact) mass is 174 g/mol. The summed E-state index contributed by atoms with van der Waals surface area (Å²) < 4.78 is 0. The lowest BCUT2D eigenvalue weighted by Gasteiger charge is -2.21. The highest BCUT2D eigenvalue weighted by Crippen LogP contribution is 2.08. The molecule has 0 aromatic heterocycles. The third-order valence-corrected chi connectivity index (χ3v) is 1.26. The van der Waals surface area contributed by atoms with Crippen molar-refractivity contribution in [2.24, 2.45) is 21.9 Å². The molecular weight excluding hydrogens is 156 g/mol. The molecule has 0 aliphatic heterocycles. The second-order valence-electron chi connectivity index (χ2n) is 3.61. The molecule has 0 bridgehead atoms. The summed E-state index contributed by atoms with van der Waals surface area (Å²) in [6.45, 7) is 7.23. The largest absolute Gasteiger partial charge is 0.269 e. The molecule has 0 rings (SSSR count). The summed E-state index contributed by atoms with van der Waals surface area (Å²) in [6, 6.07) is 0. The quantitative estimate of drug-likeness (QED) is 0.270. The fourth-order valence-corrected chi connectivity index (χ4v) is 0.308. The molecule has 6 heteroatoms. The van der Waals surface area contributed by atoms with E-state index in [4.69, 9.17) is 11.7 Å². The number of hydrogen-bond donors (Lipinski definition) is 4. The number of hydrogen-bond acceptors (Lipinski definition) is 6. The van der Waals surface area contributed by atoms with Crippen LogP contribution in [-0.4, -0.2) is 11.3 Å². The smallest absolute Gasteiger partial charge is 0.138 e. The van der Waals surface area contributed by atoms with Gasteiger partial charge in [-0.25, -0.2) is 10.9 Å². The molecule has 0 atom stereocenters. The van der Waals surface area contributed by atoms with Crippen LogP contribution in [0.3, 0.4) is 0 Å². The summed E-state index contributed by atoms with van der Waals surface area (Å²) in [6.07, 6.45) is 0. The van der Waals surface area contributed by atoms with Crippen LogP contribution in [0.15, 0.2) is 10.2 Å². The Balaban J connectivity index is 4.23. The minimum atomic E-state index is -0.561. The van der Waals surface area contributed by atoms with E-state index in [1.807, 2.05) is 27.7 Å². The minimum absolute atomic E-state index is 0.561. The second kappa shape index (κ2) is 3.90. The molecule has 0 saturated heterocycles. The summed E-state index contributed by atoms with van der Waals surface area (Å²) >= 11 is 0. The Kier molecular flexibility index (Phi) is 3.72. The van der Waals surface area contributed by atoms with E-state index in [2.05, 4.69) is 21.1 Å². The van der Waals surface area contributed by atoms with Crippen molar-refractivity contribution in [1.29, 1.82) is 0 Å². The van der Waals surface area contributed by atoms with Crippen molar-refractivity contribution < 1.29 is 0 Å². The highest BCUT2D eigenvalue weighted by atomic mass is 15.4. The summed E-state index contributed by atoms with van der Waals surface area (Å²) in [7, 11) is 0. The Morgan fingerprint density at radius 1 is 0.833 bits per heavy atom. The van der Waals surface area contributed by atoms with E-state index in [0.29, 0.717) is 0 Å². The van der Waals surface area contributed by atoms with Crippen molar-refractivity contribution in [3.63, 3.8) is 0 Å². The van der Waals surface area contributed by atoms with Gasteiger partial charge in [0.15, 0.2) is 0 Å². The van der Waals surface area contributed by atoms with Crippen LogP contribution in [0.2, 0.25) is 0 Å². The van der Waals surface area contributed by atoms with Crippen molar-refractivity contribution in [2.75, 3.05) is 0 Å². The molecule has 0 aromatic rings. The topological polar surface area (TPSA) is 101 Å². The first-order valence-electron chi connectivity index (χ1n) is 3.72. The van der Waals surface area contributed by atoms with Crippen LogP contribution in [0.25, 0.3) is 0 Å². The zero-order valence-corrected chi connectivity index (χ0v) is 8.05. The normalized spacial score (nSPS) is 14.2. The van der Waals surface area contributed by atoms with E-state index in [9.17, 15) is 0 Å². The molecule has 0 heterocycles. The van der Waals surface area contributed by atoms with E-state index in [0.717, 1.165) is 0 Å². The van der Waals surface area contributed by atoms with Gasteiger partial charge in [-0.3, -0.25) is 11.7 Å². The number of hydrazine groups is 2. The fourth-order valence-electron chi connectivity index (χ4n) is 0.308. The maximum atomic E-state index is 5.22. The molecule has 12 heavy (non-hydrogen) atoms. The molecule has 6 N–H and O–H groups in total. The molecule has 6 nitrogen and oxygen atoms in total. The van der Waals surface area contributed by atoms with Crippen molar-refractivity contribution in [1.82, 2.24) is 10.9 Å². The Bertz CT molecular complexity index is 143. The predicted octanol–water partition coefficient (Wildman–Crippen LogP) is -0.163. The number of nitrogens with zero attached hydrogens (tertiary/aromatic N) is 2. The summed E-state index contributed by atoms with van der Waals surface area (Å²) in [4.78, 5) is 0. The third-order valence-electron chi connectivity index (χ3n) is 1.26. The van der Waals surface area contributed by atoms with Crippen molar-refractivity contribution in [3.05, 3.63) is 0 Å². The fraction of sp³-hybridized carbons (Fsp3) is 1.00. The van der Waals surface area contributed by atoms with E-state index in [-0.39, 0.29) is 0 Å². The zero-order chi connectivity index (χ0) is 9.83. The maximum absolute atomic E-state index is 5.22. The first-order valence-corrected chi connectivity index (χ1v) is 3.72. The summed E-state index contributed by atoms with van der Waals surface area (Å²) in [5.74, 6) is 10.4. The number of azo groups is 1. The van der Waals surface area contributed by atoms with Gasteiger partial charge in [0.25, 0.3) is 0 Å².